The highest BCUT2D eigenvalue weighted by atomic mass is 19.1. The molecule has 12 heteroatoms. The zero-order valence-electron chi connectivity index (χ0n) is 25.3. The number of carbonyl (C=O) groups is 1. The molecule has 0 bridgehead atoms. The Morgan fingerprint density at radius 1 is 1.20 bits per heavy atom. The van der Waals surface area contributed by atoms with Crippen LogP contribution in [0, 0.1) is 17.1 Å². The third kappa shape index (κ3) is 6.41. The van der Waals surface area contributed by atoms with E-state index in [4.69, 9.17) is 29.4 Å². The fourth-order valence-electron chi connectivity index (χ4n) is 5.90. The molecule has 2 aliphatic heterocycles. The number of carboxylic acid groups (broad SMARTS) is 1. The van der Waals surface area contributed by atoms with E-state index < -0.39 is 11.8 Å². The number of aromatic nitrogens is 3. The summed E-state index contributed by atoms with van der Waals surface area (Å²) in [6, 6.07) is 15.2. The molecule has 2 fully saturated rings. The quantitative estimate of drug-likeness (QED) is 0.256. The molecule has 4 heterocycles. The van der Waals surface area contributed by atoms with E-state index in [1.807, 2.05) is 18.2 Å². The Morgan fingerprint density at radius 3 is 2.73 bits per heavy atom. The molecule has 11 nitrogen and oxygen atoms in total. The molecule has 2 unspecified atom stereocenters. The van der Waals surface area contributed by atoms with Gasteiger partial charge in [-0.2, -0.15) is 10.2 Å². The monoisotopic (exact) mass is 614 g/mol. The molecule has 2 aromatic carbocycles. The number of nitriles is 1. The predicted octanol–water partition coefficient (Wildman–Crippen LogP) is 4.62. The minimum atomic E-state index is -1.02. The summed E-state index contributed by atoms with van der Waals surface area (Å²) in [5.41, 5.74) is 2.14. The van der Waals surface area contributed by atoms with Gasteiger partial charge in [0.05, 0.1) is 49.0 Å². The van der Waals surface area contributed by atoms with Gasteiger partial charge in [0.15, 0.2) is 0 Å². The summed E-state index contributed by atoms with van der Waals surface area (Å²) in [5.74, 6) is 0.959. The smallest absolute Gasteiger partial charge is 0.335 e. The van der Waals surface area contributed by atoms with E-state index in [-0.39, 0.29) is 29.9 Å². The van der Waals surface area contributed by atoms with Crippen molar-refractivity contribution in [1.82, 2.24) is 19.4 Å². The normalized spacial score (nSPS) is 18.4. The summed E-state index contributed by atoms with van der Waals surface area (Å²) in [7, 11) is 1.53. The van der Waals surface area contributed by atoms with E-state index in [1.54, 1.807) is 24.3 Å². The van der Waals surface area contributed by atoms with Gasteiger partial charge in [0, 0.05) is 43.9 Å². The van der Waals surface area contributed by atoms with Crippen LogP contribution < -0.4 is 14.4 Å². The minimum absolute atomic E-state index is 0.00496. The number of fused-ring (bicyclic) bond motifs is 1. The molecule has 2 saturated heterocycles. The fraction of sp³-hybridized carbons (Fsp3) is 0.394. The molecule has 2 atom stereocenters. The lowest BCUT2D eigenvalue weighted by Crippen LogP contribution is -2.53. The number of imidazole rings is 1. The first kappa shape index (κ1) is 30.3. The lowest BCUT2D eigenvalue weighted by atomic mass is 10.1. The minimum Gasteiger partial charge on any atom is -0.494 e. The topological polar surface area (TPSA) is 126 Å². The number of benzene rings is 2. The first-order valence-electron chi connectivity index (χ1n) is 15.1. The maximum Gasteiger partial charge on any atom is 0.335 e. The van der Waals surface area contributed by atoms with Crippen molar-refractivity contribution in [2.45, 2.75) is 51.6 Å². The summed E-state index contributed by atoms with van der Waals surface area (Å²) in [5, 5.41) is 18.7. The first-order chi connectivity index (χ1) is 21.9. The summed E-state index contributed by atoms with van der Waals surface area (Å²) < 4.78 is 33.5. The molecule has 0 radical (unpaired) electrons. The van der Waals surface area contributed by atoms with E-state index >= 15 is 0 Å². The van der Waals surface area contributed by atoms with Crippen LogP contribution in [0.3, 0.4) is 0 Å². The molecule has 0 aliphatic carbocycles. The van der Waals surface area contributed by atoms with E-state index in [0.29, 0.717) is 35.8 Å². The van der Waals surface area contributed by atoms with Crippen LogP contribution in [0.25, 0.3) is 11.0 Å². The molecule has 1 N–H and O–H groups in total. The molecule has 4 aromatic rings. The number of ether oxygens (including phenoxy) is 3. The Morgan fingerprint density at radius 2 is 2.04 bits per heavy atom. The van der Waals surface area contributed by atoms with Crippen LogP contribution in [-0.4, -0.2) is 76.0 Å². The molecule has 0 spiro atoms. The molecule has 234 valence electrons. The van der Waals surface area contributed by atoms with Gasteiger partial charge in [-0.25, -0.2) is 14.2 Å². The average Bonchev–Trinajstić information content (AvgIpc) is 3.38. The second-order valence-corrected chi connectivity index (χ2v) is 11.3. The van der Waals surface area contributed by atoms with Gasteiger partial charge in [0.25, 0.3) is 0 Å². The third-order valence-electron chi connectivity index (χ3n) is 8.56. The first-order valence-corrected chi connectivity index (χ1v) is 15.1. The second-order valence-electron chi connectivity index (χ2n) is 11.3. The summed E-state index contributed by atoms with van der Waals surface area (Å²) in [4.78, 5) is 26.2. The summed E-state index contributed by atoms with van der Waals surface area (Å²) >= 11 is 0. The molecule has 6 rings (SSSR count). The van der Waals surface area contributed by atoms with Crippen molar-refractivity contribution in [3.63, 3.8) is 0 Å². The van der Waals surface area contributed by atoms with Gasteiger partial charge in [-0.05, 0) is 43.2 Å². The number of hydrogen-bond acceptors (Lipinski definition) is 9. The van der Waals surface area contributed by atoms with Crippen molar-refractivity contribution in [2.24, 2.45) is 0 Å². The summed E-state index contributed by atoms with van der Waals surface area (Å²) in [6.45, 7) is 6.32. The lowest BCUT2D eigenvalue weighted by molar-refractivity contribution is -0.0592. The van der Waals surface area contributed by atoms with Crippen LogP contribution in [0.15, 0.2) is 48.5 Å². The van der Waals surface area contributed by atoms with Crippen LogP contribution in [-0.2, 0) is 24.4 Å². The molecular weight excluding hydrogens is 579 g/mol. The van der Waals surface area contributed by atoms with Gasteiger partial charge in [-0.1, -0.05) is 19.1 Å². The highest BCUT2D eigenvalue weighted by Gasteiger charge is 2.30. The van der Waals surface area contributed by atoms with Gasteiger partial charge < -0.3 is 28.8 Å². The van der Waals surface area contributed by atoms with Crippen molar-refractivity contribution in [3.05, 3.63) is 76.9 Å². The van der Waals surface area contributed by atoms with Crippen LogP contribution in [0.2, 0.25) is 0 Å². The number of halogens is 1. The van der Waals surface area contributed by atoms with Gasteiger partial charge >= 0.3 is 5.97 Å². The van der Waals surface area contributed by atoms with Gasteiger partial charge in [0.1, 0.15) is 35.3 Å². The van der Waals surface area contributed by atoms with Crippen LogP contribution >= 0.6 is 0 Å². The van der Waals surface area contributed by atoms with E-state index in [9.17, 15) is 14.3 Å². The number of nitrogens with zero attached hydrogens (tertiary/aromatic N) is 6. The Hall–Kier alpha value is -4.73. The Bertz CT molecular complexity index is 1750. The number of aromatic carboxylic acids is 1. The Kier molecular flexibility index (Phi) is 8.82. The number of pyridine rings is 1. The maximum atomic E-state index is 14.3. The fourth-order valence-corrected chi connectivity index (χ4v) is 5.90. The predicted molar refractivity (Wildman–Crippen MR) is 164 cm³/mol. The largest absolute Gasteiger partial charge is 0.494 e. The van der Waals surface area contributed by atoms with Crippen LogP contribution in [0.1, 0.15) is 47.1 Å². The van der Waals surface area contributed by atoms with Gasteiger partial charge in [-0.3, -0.25) is 4.90 Å². The van der Waals surface area contributed by atoms with Crippen LogP contribution in [0.5, 0.6) is 11.6 Å². The van der Waals surface area contributed by atoms with Crippen molar-refractivity contribution < 1.29 is 28.5 Å². The van der Waals surface area contributed by atoms with E-state index in [1.165, 1.54) is 19.2 Å². The Balaban J connectivity index is 1.18. The van der Waals surface area contributed by atoms with E-state index in [2.05, 4.69) is 21.3 Å². The molecule has 0 amide bonds. The zero-order valence-corrected chi connectivity index (χ0v) is 25.3. The van der Waals surface area contributed by atoms with Gasteiger partial charge in [-0.15, -0.1) is 0 Å². The highest BCUT2D eigenvalue weighted by Crippen LogP contribution is 2.31. The number of carboxylic acids is 1. The Labute approximate surface area is 260 Å². The number of hydrogen-bond donors (Lipinski definition) is 1. The maximum absolute atomic E-state index is 14.3. The third-order valence-corrected chi connectivity index (χ3v) is 8.56. The van der Waals surface area contributed by atoms with Crippen molar-refractivity contribution in [2.75, 3.05) is 38.3 Å². The van der Waals surface area contributed by atoms with Crippen molar-refractivity contribution in [3.8, 4) is 17.7 Å². The highest BCUT2D eigenvalue weighted by molar-refractivity contribution is 5.95. The van der Waals surface area contributed by atoms with Crippen molar-refractivity contribution >= 4 is 22.8 Å². The number of methoxy groups -OCH3 is 1. The number of rotatable bonds is 11. The van der Waals surface area contributed by atoms with Crippen molar-refractivity contribution in [1.29, 1.82) is 5.26 Å². The van der Waals surface area contributed by atoms with E-state index in [0.717, 1.165) is 56.2 Å². The molecule has 2 aliphatic rings. The molecule has 2 aromatic heterocycles. The molecule has 45 heavy (non-hydrogen) atoms. The second kappa shape index (κ2) is 13.1. The standard InChI is InChI=1S/C33H35FN6O5/c1-3-24-17-39(29-5-4-6-31(36-29)45-20-22-8-7-21(16-35)13-26(22)34)11-10-38(24)19-30-37-32-27(40(30)18-25-9-12-44-25)14-23(33(41)42)15-28(32)43-2/h4-8,13-15,24-25H,3,9-12,17-20H2,1-2H3,(H,41,42). The summed E-state index contributed by atoms with van der Waals surface area (Å²) in [6.07, 6.45) is 1.92. The molecule has 0 saturated carbocycles. The van der Waals surface area contributed by atoms with Gasteiger partial charge in [0.2, 0.25) is 5.88 Å². The SMILES string of the molecule is CCC1CN(c2cccc(OCc3ccc(C#N)cc3F)n2)CCN1Cc1nc2c(OC)cc(C(=O)O)cc2n1CC1CCO1. The zero-order chi connectivity index (χ0) is 31.5. The lowest BCUT2D eigenvalue weighted by Gasteiger charge is -2.41. The number of anilines is 1. The molecular formula is C33H35FN6O5. The van der Waals surface area contributed by atoms with Crippen LogP contribution in [0.4, 0.5) is 10.2 Å². The number of piperazine rings is 1. The average molecular weight is 615 g/mol.